The van der Waals surface area contributed by atoms with E-state index in [1.54, 1.807) is 72.9 Å². The molecule has 12 nitrogen and oxygen atoms in total. The molecule has 0 aliphatic carbocycles. The summed E-state index contributed by atoms with van der Waals surface area (Å²) in [4.78, 5) is 43.3. The fourth-order valence-corrected chi connectivity index (χ4v) is 4.66. The highest BCUT2D eigenvalue weighted by molar-refractivity contribution is 5.89. The first-order valence-electron chi connectivity index (χ1n) is 13.2. The molecule has 4 aromatic rings. The van der Waals surface area contributed by atoms with Crippen LogP contribution in [0.1, 0.15) is 12.0 Å². The molecule has 5 rings (SSSR count). The number of benzene rings is 2. The standard InChI is InChI=1S/C29H32N8O4/c1-40-24-8-6-22(7-9-24)33-29(39)35-14-15-37(26-10-11-31-28(34-26)36-13-12-30-20-36)23(19-35)17-27(38)32-18-21-4-3-5-25(16-21)41-2/h3-13,16,20,23H,14-15,17-19H2,1-2H3,(H,32,38)(H,33,39). The Morgan fingerprint density at radius 2 is 1.83 bits per heavy atom. The fourth-order valence-electron chi connectivity index (χ4n) is 4.66. The summed E-state index contributed by atoms with van der Waals surface area (Å²) in [6, 6.07) is 16.0. The van der Waals surface area contributed by atoms with Crippen LogP contribution in [-0.4, -0.2) is 76.3 Å². The second-order valence-electron chi connectivity index (χ2n) is 9.47. The van der Waals surface area contributed by atoms with E-state index in [2.05, 4.69) is 25.5 Å². The molecule has 12 heteroatoms. The molecule has 0 bridgehead atoms. The molecule has 3 heterocycles. The maximum absolute atomic E-state index is 13.2. The van der Waals surface area contributed by atoms with Gasteiger partial charge in [0.25, 0.3) is 0 Å². The molecule has 212 valence electrons. The van der Waals surface area contributed by atoms with Crippen LogP contribution in [-0.2, 0) is 11.3 Å². The van der Waals surface area contributed by atoms with Crippen molar-refractivity contribution in [2.45, 2.75) is 19.0 Å². The van der Waals surface area contributed by atoms with Gasteiger partial charge < -0.3 is 29.9 Å². The highest BCUT2D eigenvalue weighted by atomic mass is 16.5. The Labute approximate surface area is 237 Å². The van der Waals surface area contributed by atoms with Gasteiger partial charge in [-0.1, -0.05) is 12.1 Å². The van der Waals surface area contributed by atoms with Crippen LogP contribution in [0.15, 0.2) is 79.5 Å². The van der Waals surface area contributed by atoms with E-state index < -0.39 is 0 Å². The van der Waals surface area contributed by atoms with E-state index in [4.69, 9.17) is 14.5 Å². The van der Waals surface area contributed by atoms with Gasteiger partial charge in [0.1, 0.15) is 23.6 Å². The number of aromatic nitrogens is 4. The van der Waals surface area contributed by atoms with E-state index in [0.29, 0.717) is 49.4 Å². The van der Waals surface area contributed by atoms with Gasteiger partial charge in [-0.3, -0.25) is 9.36 Å². The zero-order valence-electron chi connectivity index (χ0n) is 22.9. The lowest BCUT2D eigenvalue weighted by atomic mass is 10.1. The number of methoxy groups -OCH3 is 2. The third-order valence-electron chi connectivity index (χ3n) is 6.81. The summed E-state index contributed by atoms with van der Waals surface area (Å²) >= 11 is 0. The number of hydrogen-bond donors (Lipinski definition) is 2. The molecular weight excluding hydrogens is 524 g/mol. The number of rotatable bonds is 9. The molecule has 1 unspecified atom stereocenters. The Bertz CT molecular complexity index is 1460. The number of anilines is 2. The minimum Gasteiger partial charge on any atom is -0.497 e. The summed E-state index contributed by atoms with van der Waals surface area (Å²) < 4.78 is 12.2. The van der Waals surface area contributed by atoms with Crippen LogP contribution in [0.5, 0.6) is 11.5 Å². The van der Waals surface area contributed by atoms with Crippen molar-refractivity contribution in [3.05, 3.63) is 85.1 Å². The van der Waals surface area contributed by atoms with Crippen LogP contribution in [0.2, 0.25) is 0 Å². The molecule has 2 aromatic carbocycles. The Balaban J connectivity index is 1.31. The third-order valence-corrected chi connectivity index (χ3v) is 6.81. The summed E-state index contributed by atoms with van der Waals surface area (Å²) in [5, 5.41) is 5.94. The van der Waals surface area contributed by atoms with Crippen LogP contribution in [0.25, 0.3) is 5.95 Å². The zero-order chi connectivity index (χ0) is 28.6. The number of nitrogens with one attached hydrogen (secondary N) is 2. The molecule has 1 atom stereocenters. The number of nitrogens with zero attached hydrogens (tertiary/aromatic N) is 6. The fraction of sp³-hybridized carbons (Fsp3) is 0.276. The highest BCUT2D eigenvalue weighted by Gasteiger charge is 2.32. The van der Waals surface area contributed by atoms with Crippen LogP contribution in [0.3, 0.4) is 0 Å². The van der Waals surface area contributed by atoms with E-state index >= 15 is 0 Å². The number of carbonyl (C=O) groups is 2. The lowest BCUT2D eigenvalue weighted by Crippen LogP contribution is -2.57. The van der Waals surface area contributed by atoms with Crippen LogP contribution in [0, 0.1) is 0 Å². The van der Waals surface area contributed by atoms with E-state index in [9.17, 15) is 9.59 Å². The molecule has 1 fully saturated rings. The molecule has 1 saturated heterocycles. The third kappa shape index (κ3) is 6.90. The zero-order valence-corrected chi connectivity index (χ0v) is 22.9. The molecule has 0 saturated carbocycles. The average Bonchev–Trinajstić information content (AvgIpc) is 3.56. The SMILES string of the molecule is COc1ccc(NC(=O)N2CCN(c3ccnc(-n4ccnc4)n3)C(CC(=O)NCc3cccc(OC)c3)C2)cc1. The van der Waals surface area contributed by atoms with Crippen LogP contribution < -0.4 is 25.0 Å². The molecule has 0 radical (unpaired) electrons. The number of imidazole rings is 1. The molecule has 2 N–H and O–H groups in total. The normalized spacial score (nSPS) is 14.8. The van der Waals surface area contributed by atoms with Crippen molar-refractivity contribution in [2.75, 3.05) is 44.1 Å². The lowest BCUT2D eigenvalue weighted by molar-refractivity contribution is -0.121. The topological polar surface area (TPSA) is 127 Å². The van der Waals surface area contributed by atoms with Crippen molar-refractivity contribution >= 4 is 23.4 Å². The van der Waals surface area contributed by atoms with Gasteiger partial charge in [0.2, 0.25) is 11.9 Å². The molecule has 2 aromatic heterocycles. The number of urea groups is 1. The van der Waals surface area contributed by atoms with Gasteiger partial charge in [-0.15, -0.1) is 0 Å². The van der Waals surface area contributed by atoms with Gasteiger partial charge in [0.05, 0.1) is 20.3 Å². The van der Waals surface area contributed by atoms with Crippen molar-refractivity contribution in [3.8, 4) is 17.4 Å². The molecule has 3 amide bonds. The first-order valence-corrected chi connectivity index (χ1v) is 13.2. The Morgan fingerprint density at radius 1 is 1.00 bits per heavy atom. The summed E-state index contributed by atoms with van der Waals surface area (Å²) in [7, 11) is 3.20. The highest BCUT2D eigenvalue weighted by Crippen LogP contribution is 2.23. The Kier molecular flexibility index (Phi) is 8.58. The van der Waals surface area contributed by atoms with Crippen molar-refractivity contribution < 1.29 is 19.1 Å². The monoisotopic (exact) mass is 556 g/mol. The van der Waals surface area contributed by atoms with Crippen molar-refractivity contribution in [3.63, 3.8) is 0 Å². The first-order chi connectivity index (χ1) is 20.0. The second-order valence-corrected chi connectivity index (χ2v) is 9.47. The predicted octanol–water partition coefficient (Wildman–Crippen LogP) is 3.11. The van der Waals surface area contributed by atoms with Gasteiger partial charge in [0.15, 0.2) is 0 Å². The predicted molar refractivity (Wildman–Crippen MR) is 153 cm³/mol. The minimum atomic E-state index is -0.318. The number of amides is 3. The van der Waals surface area contributed by atoms with E-state index in [0.717, 1.165) is 11.3 Å². The largest absolute Gasteiger partial charge is 0.497 e. The maximum Gasteiger partial charge on any atom is 0.321 e. The average molecular weight is 557 g/mol. The second kappa shape index (κ2) is 12.8. The summed E-state index contributed by atoms with van der Waals surface area (Å²) in [5.41, 5.74) is 1.59. The summed E-state index contributed by atoms with van der Waals surface area (Å²) in [5.74, 6) is 2.44. The van der Waals surface area contributed by atoms with E-state index in [-0.39, 0.29) is 24.4 Å². The number of hydrogen-bond acceptors (Lipinski definition) is 8. The maximum atomic E-state index is 13.2. The molecule has 1 aliphatic rings. The van der Waals surface area contributed by atoms with Crippen LogP contribution in [0.4, 0.5) is 16.3 Å². The van der Waals surface area contributed by atoms with Gasteiger partial charge in [-0.2, -0.15) is 4.98 Å². The minimum absolute atomic E-state index is 0.135. The molecule has 1 aliphatic heterocycles. The van der Waals surface area contributed by atoms with Gasteiger partial charge in [0, 0.05) is 56.9 Å². The van der Waals surface area contributed by atoms with E-state index in [1.807, 2.05) is 30.3 Å². The van der Waals surface area contributed by atoms with Crippen LogP contribution >= 0.6 is 0 Å². The summed E-state index contributed by atoms with van der Waals surface area (Å²) in [6.07, 6.45) is 6.90. The Hall–Kier alpha value is -5.13. The van der Waals surface area contributed by atoms with Crippen molar-refractivity contribution in [1.29, 1.82) is 0 Å². The first kappa shape index (κ1) is 27.4. The van der Waals surface area contributed by atoms with Crippen molar-refractivity contribution in [1.82, 2.24) is 29.7 Å². The lowest BCUT2D eigenvalue weighted by Gasteiger charge is -2.41. The number of piperazine rings is 1. The smallest absolute Gasteiger partial charge is 0.321 e. The molecule has 0 spiro atoms. The number of carbonyl (C=O) groups excluding carboxylic acids is 2. The number of ether oxygens (including phenoxy) is 2. The molecule has 41 heavy (non-hydrogen) atoms. The Morgan fingerprint density at radius 3 is 2.59 bits per heavy atom. The van der Waals surface area contributed by atoms with Gasteiger partial charge >= 0.3 is 6.03 Å². The van der Waals surface area contributed by atoms with Crippen molar-refractivity contribution in [2.24, 2.45) is 0 Å². The van der Waals surface area contributed by atoms with Gasteiger partial charge in [-0.25, -0.2) is 14.8 Å². The van der Waals surface area contributed by atoms with E-state index in [1.165, 1.54) is 0 Å². The summed E-state index contributed by atoms with van der Waals surface area (Å²) in [6.45, 7) is 1.64. The molecular formula is C29H32N8O4. The quantitative estimate of drug-likeness (QED) is 0.322. The van der Waals surface area contributed by atoms with Gasteiger partial charge in [-0.05, 0) is 48.0 Å².